The van der Waals surface area contributed by atoms with Crippen molar-refractivity contribution in [2.75, 3.05) is 12.3 Å². The van der Waals surface area contributed by atoms with Gasteiger partial charge in [0.15, 0.2) is 0 Å². The minimum absolute atomic E-state index is 0.139. The molecule has 0 bridgehead atoms. The van der Waals surface area contributed by atoms with E-state index in [1.54, 1.807) is 0 Å². The highest BCUT2D eigenvalue weighted by molar-refractivity contribution is 6.44. The number of nitrogens with two attached hydrogens (primary N) is 1. The Morgan fingerprint density at radius 2 is 1.86 bits per heavy atom. The van der Waals surface area contributed by atoms with Crippen molar-refractivity contribution in [2.24, 2.45) is 0 Å². The summed E-state index contributed by atoms with van der Waals surface area (Å²) in [7, 11) is 0. The lowest BCUT2D eigenvalue weighted by molar-refractivity contribution is -0.122. The molecule has 0 spiro atoms. The molecule has 0 saturated carbocycles. The van der Waals surface area contributed by atoms with Crippen LogP contribution < -0.4 is 16.4 Å². The molecule has 116 valence electrons. The number of hydrogen-bond acceptors (Lipinski definition) is 3. The number of anilines is 1. The fraction of sp³-hybridized carbons (Fsp3) is 0.429. The van der Waals surface area contributed by atoms with Crippen LogP contribution in [-0.2, 0) is 4.79 Å². The van der Waals surface area contributed by atoms with Crippen LogP contribution in [0.2, 0.25) is 10.0 Å². The van der Waals surface area contributed by atoms with E-state index in [9.17, 15) is 9.59 Å². The van der Waals surface area contributed by atoms with Crippen LogP contribution in [0.4, 0.5) is 5.69 Å². The SMILES string of the molecule is CC(C)(C)NC(=O)CCNC(=O)c1cc(N)cc(Cl)c1Cl. The molecule has 0 heterocycles. The highest BCUT2D eigenvalue weighted by Gasteiger charge is 2.16. The Morgan fingerprint density at radius 3 is 2.43 bits per heavy atom. The van der Waals surface area contributed by atoms with Gasteiger partial charge in [-0.25, -0.2) is 0 Å². The average Bonchev–Trinajstić information content (AvgIpc) is 2.31. The third-order valence-electron chi connectivity index (χ3n) is 2.45. The Kier molecular flexibility index (Phi) is 5.87. The lowest BCUT2D eigenvalue weighted by Gasteiger charge is -2.20. The summed E-state index contributed by atoms with van der Waals surface area (Å²) in [6, 6.07) is 2.91. The van der Waals surface area contributed by atoms with Gasteiger partial charge >= 0.3 is 0 Å². The van der Waals surface area contributed by atoms with Gasteiger partial charge in [0.25, 0.3) is 5.91 Å². The van der Waals surface area contributed by atoms with Crippen molar-refractivity contribution in [3.63, 3.8) is 0 Å². The Bertz CT molecular complexity index is 554. The highest BCUT2D eigenvalue weighted by atomic mass is 35.5. The summed E-state index contributed by atoms with van der Waals surface area (Å²) in [6.07, 6.45) is 0.177. The van der Waals surface area contributed by atoms with Gasteiger partial charge in [0.2, 0.25) is 5.91 Å². The first-order chi connectivity index (χ1) is 9.60. The van der Waals surface area contributed by atoms with Gasteiger partial charge in [-0.2, -0.15) is 0 Å². The predicted octanol–water partition coefficient (Wildman–Crippen LogP) is 2.61. The number of nitrogen functional groups attached to an aromatic ring is 1. The van der Waals surface area contributed by atoms with Crippen molar-refractivity contribution < 1.29 is 9.59 Å². The van der Waals surface area contributed by atoms with Gasteiger partial charge in [-0.1, -0.05) is 23.2 Å². The summed E-state index contributed by atoms with van der Waals surface area (Å²) < 4.78 is 0. The van der Waals surface area contributed by atoms with E-state index in [0.717, 1.165) is 0 Å². The first-order valence-electron chi connectivity index (χ1n) is 6.44. The van der Waals surface area contributed by atoms with Crippen LogP contribution in [0, 0.1) is 0 Å². The first kappa shape index (κ1) is 17.6. The van der Waals surface area contributed by atoms with E-state index in [4.69, 9.17) is 28.9 Å². The molecule has 0 radical (unpaired) electrons. The molecule has 4 N–H and O–H groups in total. The molecule has 1 aromatic rings. The van der Waals surface area contributed by atoms with Gasteiger partial charge in [0, 0.05) is 24.2 Å². The normalized spacial score (nSPS) is 11.1. The van der Waals surface area contributed by atoms with E-state index in [0.29, 0.717) is 5.69 Å². The summed E-state index contributed by atoms with van der Waals surface area (Å²) in [5.41, 5.74) is 5.87. The van der Waals surface area contributed by atoms with E-state index < -0.39 is 5.91 Å². The average molecular weight is 332 g/mol. The third-order valence-corrected chi connectivity index (χ3v) is 3.25. The molecule has 0 atom stereocenters. The van der Waals surface area contributed by atoms with E-state index >= 15 is 0 Å². The molecule has 0 aromatic heterocycles. The maximum Gasteiger partial charge on any atom is 0.252 e. The van der Waals surface area contributed by atoms with Crippen LogP contribution in [0.3, 0.4) is 0 Å². The maximum absolute atomic E-state index is 12.0. The van der Waals surface area contributed by atoms with Crippen molar-refractivity contribution >= 4 is 40.7 Å². The molecule has 0 saturated heterocycles. The Hall–Kier alpha value is -1.46. The van der Waals surface area contributed by atoms with Crippen LogP contribution in [0.5, 0.6) is 0 Å². The first-order valence-corrected chi connectivity index (χ1v) is 7.19. The monoisotopic (exact) mass is 331 g/mol. The molecular formula is C14H19Cl2N3O2. The van der Waals surface area contributed by atoms with Crippen LogP contribution in [0.1, 0.15) is 37.6 Å². The van der Waals surface area contributed by atoms with Crippen molar-refractivity contribution in [3.05, 3.63) is 27.7 Å². The smallest absolute Gasteiger partial charge is 0.252 e. The Balaban J connectivity index is 2.58. The number of benzene rings is 1. The molecule has 1 rings (SSSR count). The highest BCUT2D eigenvalue weighted by Crippen LogP contribution is 2.28. The molecule has 21 heavy (non-hydrogen) atoms. The number of carbonyl (C=O) groups excluding carboxylic acids is 2. The molecule has 5 nitrogen and oxygen atoms in total. The van der Waals surface area contributed by atoms with Gasteiger partial charge in [0.1, 0.15) is 0 Å². The number of amides is 2. The molecule has 1 aromatic carbocycles. The largest absolute Gasteiger partial charge is 0.399 e. The Morgan fingerprint density at radius 1 is 1.24 bits per heavy atom. The van der Waals surface area contributed by atoms with Crippen LogP contribution in [0.15, 0.2) is 12.1 Å². The lowest BCUT2D eigenvalue weighted by Crippen LogP contribution is -2.42. The number of carbonyl (C=O) groups is 2. The molecule has 2 amide bonds. The maximum atomic E-state index is 12.0. The Labute approximate surface area is 134 Å². The van der Waals surface area contributed by atoms with Crippen molar-refractivity contribution in [1.82, 2.24) is 10.6 Å². The zero-order valence-corrected chi connectivity index (χ0v) is 13.7. The molecular weight excluding hydrogens is 313 g/mol. The van der Waals surface area contributed by atoms with Gasteiger partial charge in [-0.3, -0.25) is 9.59 Å². The van der Waals surface area contributed by atoms with Crippen LogP contribution in [-0.4, -0.2) is 23.9 Å². The molecule has 0 aliphatic heterocycles. The van der Waals surface area contributed by atoms with Gasteiger partial charge < -0.3 is 16.4 Å². The van der Waals surface area contributed by atoms with Gasteiger partial charge in [0.05, 0.1) is 15.6 Å². The van der Waals surface area contributed by atoms with E-state index in [2.05, 4.69) is 10.6 Å². The minimum atomic E-state index is -0.419. The minimum Gasteiger partial charge on any atom is -0.399 e. The fourth-order valence-corrected chi connectivity index (χ4v) is 2.06. The number of hydrogen-bond donors (Lipinski definition) is 3. The predicted molar refractivity (Wildman–Crippen MR) is 85.7 cm³/mol. The van der Waals surface area contributed by atoms with Crippen molar-refractivity contribution in [3.8, 4) is 0 Å². The molecule has 0 aliphatic carbocycles. The van der Waals surface area contributed by atoms with Crippen molar-refractivity contribution in [2.45, 2.75) is 32.7 Å². The standard InChI is InChI=1S/C14H19Cl2N3O2/c1-14(2,3)19-11(20)4-5-18-13(21)9-6-8(17)7-10(15)12(9)16/h6-7H,4-5,17H2,1-3H3,(H,18,21)(H,19,20). The molecule has 7 heteroatoms. The van der Waals surface area contributed by atoms with E-state index in [1.165, 1.54) is 12.1 Å². The van der Waals surface area contributed by atoms with Crippen LogP contribution >= 0.6 is 23.2 Å². The van der Waals surface area contributed by atoms with Crippen LogP contribution in [0.25, 0.3) is 0 Å². The number of nitrogens with one attached hydrogen (secondary N) is 2. The molecule has 0 unspecified atom stereocenters. The second kappa shape index (κ2) is 7.00. The lowest BCUT2D eigenvalue weighted by atomic mass is 10.1. The molecule has 0 fully saturated rings. The summed E-state index contributed by atoms with van der Waals surface area (Å²) in [6.45, 7) is 5.86. The van der Waals surface area contributed by atoms with Gasteiger partial charge in [-0.05, 0) is 32.9 Å². The van der Waals surface area contributed by atoms with E-state index in [-0.39, 0.29) is 40.0 Å². The zero-order chi connectivity index (χ0) is 16.2. The van der Waals surface area contributed by atoms with E-state index in [1.807, 2.05) is 20.8 Å². The second-order valence-corrected chi connectivity index (χ2v) is 6.45. The topological polar surface area (TPSA) is 84.2 Å². The molecule has 0 aliphatic rings. The zero-order valence-electron chi connectivity index (χ0n) is 12.2. The number of rotatable bonds is 4. The quantitative estimate of drug-likeness (QED) is 0.741. The summed E-state index contributed by atoms with van der Waals surface area (Å²) in [5.74, 6) is -0.558. The summed E-state index contributed by atoms with van der Waals surface area (Å²) >= 11 is 11.8. The summed E-state index contributed by atoms with van der Waals surface area (Å²) in [5, 5.41) is 5.77. The van der Waals surface area contributed by atoms with Crippen molar-refractivity contribution in [1.29, 1.82) is 0 Å². The second-order valence-electron chi connectivity index (χ2n) is 5.67. The van der Waals surface area contributed by atoms with Gasteiger partial charge in [-0.15, -0.1) is 0 Å². The summed E-state index contributed by atoms with van der Waals surface area (Å²) in [4.78, 5) is 23.6. The fourth-order valence-electron chi connectivity index (χ4n) is 1.64. The number of halogens is 2. The third kappa shape index (κ3) is 5.81.